The lowest BCUT2D eigenvalue weighted by Crippen LogP contribution is -2.31. The Morgan fingerprint density at radius 2 is 2.29 bits per heavy atom. The van der Waals surface area contributed by atoms with E-state index in [4.69, 9.17) is 27.6 Å². The molecular formula is C12H15Cl2NO2. The van der Waals surface area contributed by atoms with Crippen LogP contribution in [0.4, 0.5) is 0 Å². The summed E-state index contributed by atoms with van der Waals surface area (Å²) in [6, 6.07) is 3.13. The fraction of sp³-hybridized carbons (Fsp3) is 0.583. The fourth-order valence-corrected chi connectivity index (χ4v) is 2.72. The monoisotopic (exact) mass is 275 g/mol. The van der Waals surface area contributed by atoms with E-state index in [1.807, 2.05) is 0 Å². The molecule has 5 heteroatoms. The van der Waals surface area contributed by atoms with Crippen LogP contribution in [0.15, 0.2) is 16.5 Å². The SMILES string of the molecule is O=C(NCC1CCCC(Cl)C1)c1ccc(Cl)o1. The molecule has 0 radical (unpaired) electrons. The first-order chi connectivity index (χ1) is 8.15. The van der Waals surface area contributed by atoms with Crippen LogP contribution in [-0.2, 0) is 0 Å². The Hall–Kier alpha value is -0.670. The van der Waals surface area contributed by atoms with Gasteiger partial charge in [-0.3, -0.25) is 4.79 Å². The van der Waals surface area contributed by atoms with E-state index in [0.717, 1.165) is 25.7 Å². The second kappa shape index (κ2) is 5.78. The minimum absolute atomic E-state index is 0.214. The van der Waals surface area contributed by atoms with Crippen molar-refractivity contribution in [1.82, 2.24) is 5.32 Å². The number of carbonyl (C=O) groups is 1. The van der Waals surface area contributed by atoms with Gasteiger partial charge < -0.3 is 9.73 Å². The molecule has 1 aromatic rings. The van der Waals surface area contributed by atoms with E-state index in [9.17, 15) is 4.79 Å². The molecule has 0 aromatic carbocycles. The molecule has 94 valence electrons. The van der Waals surface area contributed by atoms with Crippen LogP contribution in [0.3, 0.4) is 0 Å². The van der Waals surface area contributed by atoms with Crippen molar-refractivity contribution in [2.75, 3.05) is 6.54 Å². The minimum atomic E-state index is -0.214. The third kappa shape index (κ3) is 3.65. The quantitative estimate of drug-likeness (QED) is 0.859. The van der Waals surface area contributed by atoms with Gasteiger partial charge in [0.25, 0.3) is 5.91 Å². The van der Waals surface area contributed by atoms with E-state index in [2.05, 4.69) is 5.32 Å². The molecule has 2 atom stereocenters. The lowest BCUT2D eigenvalue weighted by atomic mass is 9.89. The molecule has 17 heavy (non-hydrogen) atoms. The molecule has 1 N–H and O–H groups in total. The van der Waals surface area contributed by atoms with Crippen molar-refractivity contribution in [1.29, 1.82) is 0 Å². The Labute approximate surface area is 110 Å². The van der Waals surface area contributed by atoms with Crippen LogP contribution in [0.5, 0.6) is 0 Å². The van der Waals surface area contributed by atoms with Crippen molar-refractivity contribution in [3.05, 3.63) is 23.1 Å². The van der Waals surface area contributed by atoms with Gasteiger partial charge >= 0.3 is 0 Å². The number of hydrogen-bond acceptors (Lipinski definition) is 2. The largest absolute Gasteiger partial charge is 0.440 e. The molecule has 1 fully saturated rings. The topological polar surface area (TPSA) is 42.2 Å². The standard InChI is InChI=1S/C12H15Cl2NO2/c13-9-3-1-2-8(6-9)7-15-12(16)10-4-5-11(14)17-10/h4-5,8-9H,1-3,6-7H2,(H,15,16). The Kier molecular flexibility index (Phi) is 4.35. The lowest BCUT2D eigenvalue weighted by molar-refractivity contribution is 0.0916. The van der Waals surface area contributed by atoms with Crippen molar-refractivity contribution < 1.29 is 9.21 Å². The number of nitrogens with one attached hydrogen (secondary N) is 1. The van der Waals surface area contributed by atoms with Gasteiger partial charge in [-0.2, -0.15) is 0 Å². The molecule has 1 saturated carbocycles. The first-order valence-corrected chi connectivity index (χ1v) is 6.64. The summed E-state index contributed by atoms with van der Waals surface area (Å²) in [7, 11) is 0. The Morgan fingerprint density at radius 1 is 1.47 bits per heavy atom. The van der Waals surface area contributed by atoms with Crippen molar-refractivity contribution in [2.45, 2.75) is 31.1 Å². The molecule has 0 bridgehead atoms. The molecule has 1 aliphatic carbocycles. The number of halogens is 2. The summed E-state index contributed by atoms with van der Waals surface area (Å²) in [6.07, 6.45) is 4.32. The van der Waals surface area contributed by atoms with Gasteiger partial charge in [0.05, 0.1) is 0 Å². The third-order valence-electron chi connectivity index (χ3n) is 3.07. The number of rotatable bonds is 3. The first kappa shape index (κ1) is 12.8. The van der Waals surface area contributed by atoms with Crippen LogP contribution >= 0.6 is 23.2 Å². The van der Waals surface area contributed by atoms with E-state index in [1.165, 1.54) is 0 Å². The zero-order valence-electron chi connectivity index (χ0n) is 9.42. The van der Waals surface area contributed by atoms with E-state index >= 15 is 0 Å². The summed E-state index contributed by atoms with van der Waals surface area (Å²) in [6.45, 7) is 0.653. The van der Waals surface area contributed by atoms with Crippen LogP contribution in [0.1, 0.15) is 36.2 Å². The number of carbonyl (C=O) groups excluding carboxylic acids is 1. The van der Waals surface area contributed by atoms with Crippen LogP contribution in [0.25, 0.3) is 0 Å². The van der Waals surface area contributed by atoms with Gasteiger partial charge in [-0.1, -0.05) is 6.42 Å². The van der Waals surface area contributed by atoms with Crippen molar-refractivity contribution >= 4 is 29.1 Å². The van der Waals surface area contributed by atoms with E-state index in [-0.39, 0.29) is 22.3 Å². The predicted octanol–water partition coefficient (Wildman–Crippen LogP) is 3.46. The molecule has 1 heterocycles. The highest BCUT2D eigenvalue weighted by Gasteiger charge is 2.21. The Bertz CT molecular complexity index is 392. The lowest BCUT2D eigenvalue weighted by Gasteiger charge is -2.25. The van der Waals surface area contributed by atoms with Crippen molar-refractivity contribution in [3.8, 4) is 0 Å². The van der Waals surface area contributed by atoms with Gasteiger partial charge in [0.15, 0.2) is 11.0 Å². The molecule has 0 spiro atoms. The average Bonchev–Trinajstić information content (AvgIpc) is 2.73. The maximum atomic E-state index is 11.7. The predicted molar refractivity (Wildman–Crippen MR) is 67.7 cm³/mol. The van der Waals surface area contributed by atoms with Crippen LogP contribution < -0.4 is 5.32 Å². The van der Waals surface area contributed by atoms with Gasteiger partial charge in [-0.05, 0) is 48.9 Å². The van der Waals surface area contributed by atoms with E-state index in [0.29, 0.717) is 12.5 Å². The van der Waals surface area contributed by atoms with Crippen molar-refractivity contribution in [2.24, 2.45) is 5.92 Å². The second-order valence-electron chi connectivity index (χ2n) is 4.44. The van der Waals surface area contributed by atoms with Crippen LogP contribution in [-0.4, -0.2) is 17.8 Å². The maximum absolute atomic E-state index is 11.7. The van der Waals surface area contributed by atoms with Crippen molar-refractivity contribution in [3.63, 3.8) is 0 Å². The maximum Gasteiger partial charge on any atom is 0.287 e. The normalized spacial score (nSPS) is 24.6. The van der Waals surface area contributed by atoms with Gasteiger partial charge in [0.1, 0.15) is 0 Å². The zero-order valence-corrected chi connectivity index (χ0v) is 10.9. The molecule has 1 aromatic heterocycles. The highest BCUT2D eigenvalue weighted by Crippen LogP contribution is 2.27. The zero-order chi connectivity index (χ0) is 12.3. The average molecular weight is 276 g/mol. The second-order valence-corrected chi connectivity index (χ2v) is 5.43. The molecular weight excluding hydrogens is 261 g/mol. The molecule has 2 rings (SSSR count). The summed E-state index contributed by atoms with van der Waals surface area (Å²) in [4.78, 5) is 11.7. The Morgan fingerprint density at radius 3 is 2.94 bits per heavy atom. The van der Waals surface area contributed by atoms with E-state index in [1.54, 1.807) is 12.1 Å². The minimum Gasteiger partial charge on any atom is -0.440 e. The molecule has 1 aliphatic rings. The summed E-state index contributed by atoms with van der Waals surface area (Å²) in [5, 5.41) is 3.34. The highest BCUT2D eigenvalue weighted by molar-refractivity contribution is 6.29. The Balaban J connectivity index is 1.80. The summed E-state index contributed by atoms with van der Waals surface area (Å²) < 4.78 is 5.03. The van der Waals surface area contributed by atoms with Crippen LogP contribution in [0.2, 0.25) is 5.22 Å². The molecule has 1 amide bonds. The summed E-state index contributed by atoms with van der Waals surface area (Å²) in [5.74, 6) is 0.516. The third-order valence-corrected chi connectivity index (χ3v) is 3.67. The molecule has 2 unspecified atom stereocenters. The van der Waals surface area contributed by atoms with E-state index < -0.39 is 0 Å². The van der Waals surface area contributed by atoms with Gasteiger partial charge in [-0.25, -0.2) is 0 Å². The number of furan rings is 1. The highest BCUT2D eigenvalue weighted by atomic mass is 35.5. The molecule has 3 nitrogen and oxygen atoms in total. The van der Waals surface area contributed by atoms with Gasteiger partial charge in [0.2, 0.25) is 0 Å². The van der Waals surface area contributed by atoms with Crippen LogP contribution in [0, 0.1) is 5.92 Å². The number of alkyl halides is 1. The molecule has 0 aliphatic heterocycles. The number of hydrogen-bond donors (Lipinski definition) is 1. The van der Waals surface area contributed by atoms with Gasteiger partial charge in [0, 0.05) is 11.9 Å². The fourth-order valence-electron chi connectivity index (χ4n) is 2.17. The van der Waals surface area contributed by atoms with Gasteiger partial charge in [-0.15, -0.1) is 11.6 Å². The smallest absolute Gasteiger partial charge is 0.287 e. The summed E-state index contributed by atoms with van der Waals surface area (Å²) >= 11 is 11.7. The first-order valence-electron chi connectivity index (χ1n) is 5.83. The number of amides is 1. The summed E-state index contributed by atoms with van der Waals surface area (Å²) in [5.41, 5.74) is 0. The molecule has 0 saturated heterocycles.